The van der Waals surface area contributed by atoms with Gasteiger partial charge < -0.3 is 34.8 Å². The molecule has 2 aromatic carbocycles. The van der Waals surface area contributed by atoms with Gasteiger partial charge in [-0.3, -0.25) is 9.59 Å². The Hall–Kier alpha value is -4.35. The summed E-state index contributed by atoms with van der Waals surface area (Å²) in [5.41, 5.74) is 1.38. The first-order chi connectivity index (χ1) is 21.9. The standard InChI is InChI=1S/C34H41ClN6O5/c1-34(2,3)46-33(44)41-15-13-25(14-16-41)45-29-21-24(40-19-17-39(4)18-20-40)10-11-27(29)32(43)37-28-8-6-5-7-26(28)31(42)38-30-12-9-23(35)22-36-30/h5-12,21-22,25H,13-20H2,1-4H3,(H,37,43)(H,36,38,42). The molecule has 46 heavy (non-hydrogen) atoms. The number of likely N-dealkylation sites (N-methyl/N-ethyl adjacent to an activating group) is 1. The van der Waals surface area contributed by atoms with Crippen molar-refractivity contribution in [2.75, 3.05) is 61.8 Å². The lowest BCUT2D eigenvalue weighted by Gasteiger charge is -2.35. The van der Waals surface area contributed by atoms with Crippen molar-refractivity contribution in [3.8, 4) is 5.75 Å². The summed E-state index contributed by atoms with van der Waals surface area (Å²) < 4.78 is 12.1. The second kappa shape index (κ2) is 14.4. The number of piperazine rings is 1. The number of pyridine rings is 1. The molecule has 0 saturated carbocycles. The molecular formula is C34H41ClN6O5. The van der Waals surface area contributed by atoms with Crippen LogP contribution in [0.2, 0.25) is 5.02 Å². The molecule has 2 aliphatic rings. The Morgan fingerprint density at radius 1 is 0.870 bits per heavy atom. The van der Waals surface area contributed by atoms with Gasteiger partial charge in [-0.1, -0.05) is 23.7 Å². The zero-order chi connectivity index (χ0) is 32.8. The highest BCUT2D eigenvalue weighted by Crippen LogP contribution is 2.31. The van der Waals surface area contributed by atoms with Crippen LogP contribution in [0.1, 0.15) is 54.3 Å². The molecule has 12 heteroatoms. The number of rotatable bonds is 7. The molecule has 2 fully saturated rings. The van der Waals surface area contributed by atoms with Crippen LogP contribution in [0.3, 0.4) is 0 Å². The molecule has 0 unspecified atom stereocenters. The van der Waals surface area contributed by atoms with E-state index >= 15 is 0 Å². The quantitative estimate of drug-likeness (QED) is 0.332. The summed E-state index contributed by atoms with van der Waals surface area (Å²) in [5.74, 6) is -0.0410. The maximum absolute atomic E-state index is 13.8. The molecular weight excluding hydrogens is 608 g/mol. The fourth-order valence-corrected chi connectivity index (χ4v) is 5.44. The second-order valence-corrected chi connectivity index (χ2v) is 13.0. The van der Waals surface area contributed by atoms with Crippen LogP contribution in [0.15, 0.2) is 60.8 Å². The number of anilines is 3. The Labute approximate surface area is 274 Å². The van der Waals surface area contributed by atoms with Crippen molar-refractivity contribution >= 4 is 46.7 Å². The lowest BCUT2D eigenvalue weighted by Crippen LogP contribution is -2.44. The minimum Gasteiger partial charge on any atom is -0.489 e. The number of carbonyl (C=O) groups is 3. The first-order valence-corrected chi connectivity index (χ1v) is 15.9. The fourth-order valence-electron chi connectivity index (χ4n) is 5.33. The average molecular weight is 649 g/mol. The first-order valence-electron chi connectivity index (χ1n) is 15.5. The normalized spacial score (nSPS) is 16.1. The maximum atomic E-state index is 13.8. The number of halogens is 1. The van der Waals surface area contributed by atoms with Crippen LogP contribution < -0.4 is 20.3 Å². The van der Waals surface area contributed by atoms with Crippen LogP contribution in [-0.4, -0.2) is 90.7 Å². The van der Waals surface area contributed by atoms with Gasteiger partial charge in [0, 0.05) is 70.1 Å². The van der Waals surface area contributed by atoms with Gasteiger partial charge in [0.05, 0.1) is 21.8 Å². The van der Waals surface area contributed by atoms with E-state index in [1.54, 1.807) is 47.4 Å². The SMILES string of the molecule is CN1CCN(c2ccc(C(=O)Nc3ccccc3C(=O)Nc3ccc(Cl)cn3)c(OC3CCN(C(=O)OC(C)(C)C)CC3)c2)CC1. The number of para-hydroxylation sites is 1. The van der Waals surface area contributed by atoms with Crippen molar-refractivity contribution in [1.82, 2.24) is 14.8 Å². The predicted octanol–water partition coefficient (Wildman–Crippen LogP) is 5.77. The van der Waals surface area contributed by atoms with Crippen molar-refractivity contribution in [3.05, 3.63) is 76.9 Å². The summed E-state index contributed by atoms with van der Waals surface area (Å²) in [4.78, 5) is 49.9. The van der Waals surface area contributed by atoms with E-state index in [1.165, 1.54) is 6.20 Å². The summed E-state index contributed by atoms with van der Waals surface area (Å²) in [6.45, 7) is 10.1. The Balaban J connectivity index is 1.34. The summed E-state index contributed by atoms with van der Waals surface area (Å²) in [5, 5.41) is 6.12. The first kappa shape index (κ1) is 33.0. The highest BCUT2D eigenvalue weighted by atomic mass is 35.5. The van der Waals surface area contributed by atoms with E-state index in [0.29, 0.717) is 53.8 Å². The number of ether oxygens (including phenoxy) is 2. The fraction of sp³-hybridized carbons (Fsp3) is 0.412. The van der Waals surface area contributed by atoms with Gasteiger partial charge in [0.2, 0.25) is 0 Å². The van der Waals surface area contributed by atoms with E-state index in [1.807, 2.05) is 32.9 Å². The largest absolute Gasteiger partial charge is 0.489 e. The smallest absolute Gasteiger partial charge is 0.410 e. The van der Waals surface area contributed by atoms with Crippen molar-refractivity contribution in [2.45, 2.75) is 45.3 Å². The number of aromatic nitrogens is 1. The predicted molar refractivity (Wildman–Crippen MR) is 179 cm³/mol. The summed E-state index contributed by atoms with van der Waals surface area (Å²) in [6, 6.07) is 15.6. The molecule has 3 amide bonds. The molecule has 0 bridgehead atoms. The van der Waals surface area contributed by atoms with Crippen molar-refractivity contribution in [2.24, 2.45) is 0 Å². The van der Waals surface area contributed by atoms with Crippen LogP contribution in [0, 0.1) is 0 Å². The van der Waals surface area contributed by atoms with Crippen LogP contribution in [0.25, 0.3) is 0 Å². The number of likely N-dealkylation sites (tertiary alicyclic amines) is 1. The third-order valence-corrected chi connectivity index (χ3v) is 8.08. The van der Waals surface area contributed by atoms with Gasteiger partial charge in [0.15, 0.2) is 0 Å². The van der Waals surface area contributed by atoms with Crippen LogP contribution in [-0.2, 0) is 4.74 Å². The Bertz CT molecular complexity index is 1540. The molecule has 5 rings (SSSR count). The van der Waals surface area contributed by atoms with Crippen molar-refractivity contribution in [1.29, 1.82) is 0 Å². The van der Waals surface area contributed by atoms with Gasteiger partial charge in [-0.15, -0.1) is 0 Å². The van der Waals surface area contributed by atoms with E-state index in [-0.39, 0.29) is 17.8 Å². The lowest BCUT2D eigenvalue weighted by molar-refractivity contribution is 0.0126. The van der Waals surface area contributed by atoms with Gasteiger partial charge >= 0.3 is 6.09 Å². The van der Waals surface area contributed by atoms with Gasteiger partial charge in [-0.25, -0.2) is 9.78 Å². The Morgan fingerprint density at radius 3 is 2.24 bits per heavy atom. The minimum absolute atomic E-state index is 0.196. The third kappa shape index (κ3) is 8.67. The summed E-state index contributed by atoms with van der Waals surface area (Å²) >= 11 is 5.92. The number of hydrogen-bond donors (Lipinski definition) is 2. The van der Waals surface area contributed by atoms with Gasteiger partial charge in [-0.05, 0) is 64.2 Å². The van der Waals surface area contributed by atoms with E-state index in [0.717, 1.165) is 31.9 Å². The third-order valence-electron chi connectivity index (χ3n) is 7.85. The van der Waals surface area contributed by atoms with Crippen LogP contribution >= 0.6 is 11.6 Å². The molecule has 0 radical (unpaired) electrons. The second-order valence-electron chi connectivity index (χ2n) is 12.6. The molecule has 11 nitrogen and oxygen atoms in total. The minimum atomic E-state index is -0.567. The number of benzene rings is 2. The highest BCUT2D eigenvalue weighted by Gasteiger charge is 2.29. The molecule has 244 valence electrons. The molecule has 1 aromatic heterocycles. The van der Waals surface area contributed by atoms with Crippen molar-refractivity contribution < 1.29 is 23.9 Å². The molecule has 2 N–H and O–H groups in total. The topological polar surface area (TPSA) is 116 Å². The monoisotopic (exact) mass is 648 g/mol. The van der Waals surface area contributed by atoms with E-state index in [9.17, 15) is 14.4 Å². The zero-order valence-corrected chi connectivity index (χ0v) is 27.5. The summed E-state index contributed by atoms with van der Waals surface area (Å²) in [6.07, 6.45) is 2.11. The molecule has 3 aromatic rings. The molecule has 2 saturated heterocycles. The van der Waals surface area contributed by atoms with Gasteiger partial charge in [0.1, 0.15) is 23.3 Å². The van der Waals surface area contributed by atoms with E-state index in [4.69, 9.17) is 21.1 Å². The summed E-state index contributed by atoms with van der Waals surface area (Å²) in [7, 11) is 2.10. The molecule has 2 aliphatic heterocycles. The molecule has 0 atom stereocenters. The Morgan fingerprint density at radius 2 is 1.57 bits per heavy atom. The van der Waals surface area contributed by atoms with E-state index < -0.39 is 17.4 Å². The highest BCUT2D eigenvalue weighted by molar-refractivity contribution is 6.30. The number of amides is 3. The number of carbonyl (C=O) groups excluding carboxylic acids is 3. The Kier molecular flexibility index (Phi) is 10.3. The number of nitrogens with zero attached hydrogens (tertiary/aromatic N) is 4. The maximum Gasteiger partial charge on any atom is 0.410 e. The number of nitrogens with one attached hydrogen (secondary N) is 2. The number of piperidine rings is 1. The average Bonchev–Trinajstić information content (AvgIpc) is 3.02. The lowest BCUT2D eigenvalue weighted by atomic mass is 10.1. The zero-order valence-electron chi connectivity index (χ0n) is 26.7. The van der Waals surface area contributed by atoms with Crippen LogP contribution in [0.4, 0.5) is 22.0 Å². The molecule has 3 heterocycles. The number of hydrogen-bond acceptors (Lipinski definition) is 8. The van der Waals surface area contributed by atoms with E-state index in [2.05, 4.69) is 32.5 Å². The van der Waals surface area contributed by atoms with Gasteiger partial charge in [-0.2, -0.15) is 0 Å². The molecule has 0 aliphatic carbocycles. The molecule has 0 spiro atoms. The van der Waals surface area contributed by atoms with Gasteiger partial charge in [0.25, 0.3) is 11.8 Å². The van der Waals surface area contributed by atoms with Crippen molar-refractivity contribution in [3.63, 3.8) is 0 Å². The van der Waals surface area contributed by atoms with Crippen LogP contribution in [0.5, 0.6) is 5.75 Å².